The molecule has 1 aromatic heterocycles. The molecule has 0 saturated carbocycles. The van der Waals surface area contributed by atoms with E-state index in [4.69, 9.17) is 14.9 Å². The van der Waals surface area contributed by atoms with Gasteiger partial charge in [0.2, 0.25) is 0 Å². The molecule has 4 heteroatoms. The molecule has 0 bridgehead atoms. The predicted octanol–water partition coefficient (Wildman–Crippen LogP) is 0.900. The maximum atomic E-state index is 9.16. The zero-order valence-electron chi connectivity index (χ0n) is 8.18. The number of fused-ring (bicyclic) bond motifs is 1. The molecular formula is C11H13NO3. The molecule has 3 N–H and O–H groups in total. The van der Waals surface area contributed by atoms with Crippen molar-refractivity contribution >= 4 is 10.9 Å². The van der Waals surface area contributed by atoms with Crippen molar-refractivity contribution in [3.05, 3.63) is 30.5 Å². The largest absolute Gasteiger partial charge is 0.490 e. The number of aromatic nitrogens is 1. The van der Waals surface area contributed by atoms with Crippen LogP contribution in [0.5, 0.6) is 5.75 Å². The van der Waals surface area contributed by atoms with Crippen LogP contribution in [-0.4, -0.2) is 34.5 Å². The topological polar surface area (TPSA) is 65.5 Å². The van der Waals surface area contributed by atoms with Crippen LogP contribution in [0.4, 0.5) is 0 Å². The molecule has 0 spiro atoms. The van der Waals surface area contributed by atoms with Crippen molar-refractivity contribution in [2.45, 2.75) is 6.10 Å². The first-order valence-corrected chi connectivity index (χ1v) is 4.79. The maximum Gasteiger partial charge on any atom is 0.128 e. The third-order valence-corrected chi connectivity index (χ3v) is 2.20. The predicted molar refractivity (Wildman–Crippen MR) is 56.9 cm³/mol. The number of hydrogen-bond donors (Lipinski definition) is 3. The van der Waals surface area contributed by atoms with Crippen molar-refractivity contribution in [3.63, 3.8) is 0 Å². The number of aliphatic hydroxyl groups excluding tert-OH is 2. The highest BCUT2D eigenvalue weighted by Crippen LogP contribution is 2.24. The lowest BCUT2D eigenvalue weighted by Crippen LogP contribution is -2.21. The monoisotopic (exact) mass is 207 g/mol. The lowest BCUT2D eigenvalue weighted by molar-refractivity contribution is 0.0541. The van der Waals surface area contributed by atoms with Gasteiger partial charge in [-0.1, -0.05) is 6.07 Å². The molecule has 0 aliphatic rings. The number of benzene rings is 1. The van der Waals surface area contributed by atoms with Crippen molar-refractivity contribution in [1.29, 1.82) is 0 Å². The average Bonchev–Trinajstić information content (AvgIpc) is 2.74. The molecule has 4 nitrogen and oxygen atoms in total. The number of ether oxygens (including phenoxy) is 1. The van der Waals surface area contributed by atoms with Gasteiger partial charge in [-0.2, -0.15) is 0 Å². The first-order valence-electron chi connectivity index (χ1n) is 4.79. The van der Waals surface area contributed by atoms with Crippen LogP contribution in [0.25, 0.3) is 10.9 Å². The Labute approximate surface area is 87.1 Å². The molecule has 0 aliphatic carbocycles. The van der Waals surface area contributed by atoms with Crippen LogP contribution in [0.2, 0.25) is 0 Å². The highest BCUT2D eigenvalue weighted by atomic mass is 16.5. The molecule has 2 rings (SSSR count). The van der Waals surface area contributed by atoms with Gasteiger partial charge in [0, 0.05) is 17.1 Å². The molecule has 2 aromatic rings. The Morgan fingerprint density at radius 3 is 3.00 bits per heavy atom. The van der Waals surface area contributed by atoms with Crippen molar-refractivity contribution in [2.24, 2.45) is 0 Å². The second-order valence-electron chi connectivity index (χ2n) is 3.34. The SMILES string of the molecule is OC[C@H](O)COc1cccc2[nH]ccc12. The Hall–Kier alpha value is -1.52. The maximum absolute atomic E-state index is 9.16. The van der Waals surface area contributed by atoms with Gasteiger partial charge < -0.3 is 19.9 Å². The van der Waals surface area contributed by atoms with E-state index in [0.717, 1.165) is 10.9 Å². The van der Waals surface area contributed by atoms with Gasteiger partial charge >= 0.3 is 0 Å². The number of aromatic amines is 1. The summed E-state index contributed by atoms with van der Waals surface area (Å²) >= 11 is 0. The third-order valence-electron chi connectivity index (χ3n) is 2.20. The molecule has 0 radical (unpaired) electrons. The van der Waals surface area contributed by atoms with E-state index in [2.05, 4.69) is 4.98 Å². The van der Waals surface area contributed by atoms with Gasteiger partial charge in [-0.25, -0.2) is 0 Å². The molecule has 0 aliphatic heterocycles. The molecule has 80 valence electrons. The summed E-state index contributed by atoms with van der Waals surface area (Å²) in [7, 11) is 0. The van der Waals surface area contributed by atoms with Crippen molar-refractivity contribution in [1.82, 2.24) is 4.98 Å². The first-order chi connectivity index (χ1) is 7.31. The number of H-pyrrole nitrogens is 1. The summed E-state index contributed by atoms with van der Waals surface area (Å²) in [5, 5.41) is 18.8. The molecule has 15 heavy (non-hydrogen) atoms. The fourth-order valence-electron chi connectivity index (χ4n) is 1.42. The number of nitrogens with one attached hydrogen (secondary N) is 1. The van der Waals surface area contributed by atoms with Crippen molar-refractivity contribution in [3.8, 4) is 5.75 Å². The fraction of sp³-hybridized carbons (Fsp3) is 0.273. The zero-order valence-corrected chi connectivity index (χ0v) is 8.18. The summed E-state index contributed by atoms with van der Waals surface area (Å²) in [6, 6.07) is 7.57. The molecule has 1 heterocycles. The summed E-state index contributed by atoms with van der Waals surface area (Å²) < 4.78 is 5.40. The van der Waals surface area contributed by atoms with Crippen LogP contribution >= 0.6 is 0 Å². The summed E-state index contributed by atoms with van der Waals surface area (Å²) in [5.41, 5.74) is 0.992. The number of hydrogen-bond acceptors (Lipinski definition) is 3. The smallest absolute Gasteiger partial charge is 0.128 e. The Morgan fingerprint density at radius 1 is 1.33 bits per heavy atom. The van der Waals surface area contributed by atoms with Gasteiger partial charge in [-0.3, -0.25) is 0 Å². The molecule has 0 saturated heterocycles. The summed E-state index contributed by atoms with van der Waals surface area (Å²) in [6.07, 6.45) is 0.999. The van der Waals surface area contributed by atoms with Gasteiger partial charge in [0.05, 0.1) is 6.61 Å². The highest BCUT2D eigenvalue weighted by molar-refractivity contribution is 5.85. The minimum absolute atomic E-state index is 0.0980. The lowest BCUT2D eigenvalue weighted by Gasteiger charge is -2.10. The van der Waals surface area contributed by atoms with Gasteiger partial charge in [0.25, 0.3) is 0 Å². The Kier molecular flexibility index (Phi) is 2.89. The molecule has 1 aromatic carbocycles. The van der Waals surface area contributed by atoms with Crippen LogP contribution in [0, 0.1) is 0 Å². The Bertz CT molecular complexity index is 438. The van der Waals surface area contributed by atoms with Crippen LogP contribution in [0.15, 0.2) is 30.5 Å². The van der Waals surface area contributed by atoms with Crippen LogP contribution in [-0.2, 0) is 0 Å². The van der Waals surface area contributed by atoms with Crippen molar-refractivity contribution in [2.75, 3.05) is 13.2 Å². The van der Waals surface area contributed by atoms with E-state index in [1.165, 1.54) is 0 Å². The molecule has 0 fully saturated rings. The zero-order chi connectivity index (χ0) is 10.7. The van der Waals surface area contributed by atoms with E-state index in [0.29, 0.717) is 5.75 Å². The summed E-state index contributed by atoms with van der Waals surface area (Å²) in [4.78, 5) is 3.07. The average molecular weight is 207 g/mol. The highest BCUT2D eigenvalue weighted by Gasteiger charge is 2.06. The third kappa shape index (κ3) is 2.11. The van der Waals surface area contributed by atoms with Gasteiger partial charge in [-0.05, 0) is 18.2 Å². The van der Waals surface area contributed by atoms with E-state index in [-0.39, 0.29) is 13.2 Å². The van der Waals surface area contributed by atoms with Gasteiger partial charge in [-0.15, -0.1) is 0 Å². The number of aliphatic hydroxyl groups is 2. The lowest BCUT2D eigenvalue weighted by atomic mass is 10.2. The minimum atomic E-state index is -0.834. The van der Waals surface area contributed by atoms with Gasteiger partial charge in [0.1, 0.15) is 18.5 Å². The Morgan fingerprint density at radius 2 is 2.20 bits per heavy atom. The summed E-state index contributed by atoms with van der Waals surface area (Å²) in [6.45, 7) is -0.191. The Balaban J connectivity index is 2.17. The standard InChI is InChI=1S/C11H13NO3/c13-6-8(14)7-15-11-3-1-2-10-9(11)4-5-12-10/h1-5,8,12-14H,6-7H2/t8-/m0/s1. The molecule has 1 atom stereocenters. The second-order valence-corrected chi connectivity index (χ2v) is 3.34. The molecule has 0 unspecified atom stereocenters. The van der Waals surface area contributed by atoms with Crippen LogP contribution < -0.4 is 4.74 Å². The van der Waals surface area contributed by atoms with Crippen LogP contribution in [0.1, 0.15) is 0 Å². The fourth-order valence-corrected chi connectivity index (χ4v) is 1.42. The van der Waals surface area contributed by atoms with E-state index in [1.54, 1.807) is 0 Å². The normalized spacial score (nSPS) is 12.9. The first kappa shape index (κ1) is 10.0. The van der Waals surface area contributed by atoms with Gasteiger partial charge in [0.15, 0.2) is 0 Å². The second kappa shape index (κ2) is 4.33. The molecule has 0 amide bonds. The molecular weight excluding hydrogens is 194 g/mol. The summed E-state index contributed by atoms with van der Waals surface area (Å²) in [5.74, 6) is 0.709. The van der Waals surface area contributed by atoms with E-state index < -0.39 is 6.10 Å². The van der Waals surface area contributed by atoms with E-state index in [9.17, 15) is 0 Å². The van der Waals surface area contributed by atoms with Crippen LogP contribution in [0.3, 0.4) is 0 Å². The number of rotatable bonds is 4. The van der Waals surface area contributed by atoms with Crippen molar-refractivity contribution < 1.29 is 14.9 Å². The minimum Gasteiger partial charge on any atom is -0.490 e. The van der Waals surface area contributed by atoms with E-state index >= 15 is 0 Å². The van der Waals surface area contributed by atoms with E-state index in [1.807, 2.05) is 30.5 Å². The quantitative estimate of drug-likeness (QED) is 0.697.